The van der Waals surface area contributed by atoms with E-state index in [1.807, 2.05) is 37.3 Å². The van der Waals surface area contributed by atoms with Crippen LogP contribution >= 0.6 is 11.6 Å². The fraction of sp³-hybridized carbons (Fsp3) is 0.259. The Balaban J connectivity index is 1.45. The van der Waals surface area contributed by atoms with Crippen LogP contribution in [0.3, 0.4) is 0 Å². The zero-order valence-electron chi connectivity index (χ0n) is 19.9. The van der Waals surface area contributed by atoms with Crippen LogP contribution in [0.1, 0.15) is 41.7 Å². The Kier molecular flexibility index (Phi) is 8.08. The second kappa shape index (κ2) is 11.2. The maximum absolute atomic E-state index is 13.2. The fourth-order valence-electron chi connectivity index (χ4n) is 4.25. The molecule has 2 atom stereocenters. The number of hydrogen-bond acceptors (Lipinski definition) is 4. The molecule has 188 valence electrons. The maximum Gasteiger partial charge on any atom is 0.253 e. The molecule has 2 amide bonds. The second-order valence-electron chi connectivity index (χ2n) is 8.80. The van der Waals surface area contributed by atoms with Crippen LogP contribution in [-0.4, -0.2) is 37.6 Å². The Bertz CT molecular complexity index is 1330. The monoisotopic (exact) mass is 525 g/mol. The normalized spacial score (nSPS) is 17.2. The number of sulfonamides is 1. The van der Waals surface area contributed by atoms with E-state index in [2.05, 4.69) is 10.6 Å². The van der Waals surface area contributed by atoms with Crippen molar-refractivity contribution in [2.75, 3.05) is 18.4 Å². The standard InChI is InChI=1S/C27H28ClN3O4S/c1-19(20-8-3-2-4-9-20)29-27(33)24-11-5-6-12-25(24)30-26(32)21-10-7-17-31(18-21)36(34,35)23-15-13-22(28)14-16-23/h2-6,8-9,11-16,19,21H,7,10,17-18H2,1H3,(H,29,33)(H,30,32)/t19-,21-/m0/s1. The number of hydrogen-bond donors (Lipinski definition) is 2. The molecule has 1 aliphatic rings. The topological polar surface area (TPSA) is 95.6 Å². The Labute approximate surface area is 216 Å². The number of amides is 2. The molecule has 0 unspecified atom stereocenters. The van der Waals surface area contributed by atoms with Crippen molar-refractivity contribution in [3.63, 3.8) is 0 Å². The molecule has 1 fully saturated rings. The highest BCUT2D eigenvalue weighted by molar-refractivity contribution is 7.89. The molecule has 36 heavy (non-hydrogen) atoms. The number of carbonyl (C=O) groups is 2. The van der Waals surface area contributed by atoms with E-state index in [1.165, 1.54) is 28.6 Å². The van der Waals surface area contributed by atoms with Crippen molar-refractivity contribution >= 4 is 39.1 Å². The van der Waals surface area contributed by atoms with Crippen LogP contribution in [0.2, 0.25) is 5.02 Å². The minimum absolute atomic E-state index is 0.0657. The van der Waals surface area contributed by atoms with E-state index in [4.69, 9.17) is 11.6 Å². The average Bonchev–Trinajstić information content (AvgIpc) is 2.89. The summed E-state index contributed by atoms with van der Waals surface area (Å²) in [5, 5.41) is 6.27. The summed E-state index contributed by atoms with van der Waals surface area (Å²) in [6, 6.07) is 22.2. The zero-order valence-corrected chi connectivity index (χ0v) is 21.4. The molecule has 9 heteroatoms. The van der Waals surface area contributed by atoms with Gasteiger partial charge in [-0.05, 0) is 61.7 Å². The van der Waals surface area contributed by atoms with Gasteiger partial charge in [-0.15, -0.1) is 0 Å². The number of rotatable bonds is 7. The number of nitrogens with zero attached hydrogens (tertiary/aromatic N) is 1. The van der Waals surface area contributed by atoms with Gasteiger partial charge in [0.05, 0.1) is 28.1 Å². The summed E-state index contributed by atoms with van der Waals surface area (Å²) < 4.78 is 27.5. The molecule has 0 spiro atoms. The van der Waals surface area contributed by atoms with Gasteiger partial charge in [0, 0.05) is 18.1 Å². The van der Waals surface area contributed by atoms with Crippen molar-refractivity contribution < 1.29 is 18.0 Å². The molecule has 1 heterocycles. The van der Waals surface area contributed by atoms with Gasteiger partial charge in [0.1, 0.15) is 0 Å². The number of piperidine rings is 1. The van der Waals surface area contributed by atoms with Crippen LogP contribution in [0.25, 0.3) is 0 Å². The molecular weight excluding hydrogens is 498 g/mol. The quantitative estimate of drug-likeness (QED) is 0.460. The molecular formula is C27H28ClN3O4S. The number of anilines is 1. The molecule has 3 aromatic rings. The minimum atomic E-state index is -3.75. The van der Waals surface area contributed by atoms with Gasteiger partial charge in [0.25, 0.3) is 5.91 Å². The van der Waals surface area contributed by atoms with Crippen molar-refractivity contribution in [1.29, 1.82) is 0 Å². The summed E-state index contributed by atoms with van der Waals surface area (Å²) in [4.78, 5) is 26.3. The third-order valence-corrected chi connectivity index (χ3v) is 8.41. The molecule has 0 aromatic heterocycles. The van der Waals surface area contributed by atoms with Crippen LogP contribution in [-0.2, 0) is 14.8 Å². The largest absolute Gasteiger partial charge is 0.345 e. The molecule has 0 saturated carbocycles. The molecule has 1 saturated heterocycles. The predicted octanol–water partition coefficient (Wildman–Crippen LogP) is 4.87. The maximum atomic E-state index is 13.2. The van der Waals surface area contributed by atoms with Gasteiger partial charge >= 0.3 is 0 Å². The zero-order chi connectivity index (χ0) is 25.7. The smallest absolute Gasteiger partial charge is 0.253 e. The highest BCUT2D eigenvalue weighted by Gasteiger charge is 2.33. The van der Waals surface area contributed by atoms with E-state index < -0.39 is 15.9 Å². The Morgan fingerprint density at radius 3 is 2.36 bits per heavy atom. The van der Waals surface area contributed by atoms with E-state index in [1.54, 1.807) is 24.3 Å². The summed E-state index contributed by atoms with van der Waals surface area (Å²) in [6.45, 7) is 2.30. The lowest BCUT2D eigenvalue weighted by atomic mass is 9.98. The second-order valence-corrected chi connectivity index (χ2v) is 11.2. The van der Waals surface area contributed by atoms with Gasteiger partial charge in [-0.2, -0.15) is 4.31 Å². The first-order valence-corrected chi connectivity index (χ1v) is 13.6. The van der Waals surface area contributed by atoms with E-state index in [-0.39, 0.29) is 29.3 Å². The third kappa shape index (κ3) is 5.95. The van der Waals surface area contributed by atoms with Crippen molar-refractivity contribution in [3.8, 4) is 0 Å². The van der Waals surface area contributed by atoms with E-state index in [9.17, 15) is 18.0 Å². The van der Waals surface area contributed by atoms with Gasteiger partial charge in [-0.3, -0.25) is 9.59 Å². The highest BCUT2D eigenvalue weighted by atomic mass is 35.5. The van der Waals surface area contributed by atoms with Gasteiger partial charge < -0.3 is 10.6 Å². The first-order valence-electron chi connectivity index (χ1n) is 11.8. The molecule has 0 aliphatic carbocycles. The van der Waals surface area contributed by atoms with Crippen LogP contribution in [0.4, 0.5) is 5.69 Å². The molecule has 1 aliphatic heterocycles. The SMILES string of the molecule is C[C@H](NC(=O)c1ccccc1NC(=O)[C@H]1CCCN(S(=O)(=O)c2ccc(Cl)cc2)C1)c1ccccc1. The lowest BCUT2D eigenvalue weighted by Gasteiger charge is -2.31. The molecule has 3 aromatic carbocycles. The molecule has 0 bridgehead atoms. The van der Waals surface area contributed by atoms with E-state index in [0.29, 0.717) is 35.7 Å². The van der Waals surface area contributed by atoms with Crippen LogP contribution in [0.15, 0.2) is 83.8 Å². The number of nitrogens with one attached hydrogen (secondary N) is 2. The first-order chi connectivity index (χ1) is 17.3. The average molecular weight is 526 g/mol. The fourth-order valence-corrected chi connectivity index (χ4v) is 5.90. The van der Waals surface area contributed by atoms with Crippen LogP contribution in [0.5, 0.6) is 0 Å². The molecule has 4 rings (SSSR count). The highest BCUT2D eigenvalue weighted by Crippen LogP contribution is 2.26. The van der Waals surface area contributed by atoms with E-state index in [0.717, 1.165) is 5.56 Å². The third-order valence-electron chi connectivity index (χ3n) is 6.28. The van der Waals surface area contributed by atoms with Gasteiger partial charge in [0.2, 0.25) is 15.9 Å². The number of carbonyl (C=O) groups excluding carboxylic acids is 2. The van der Waals surface area contributed by atoms with E-state index >= 15 is 0 Å². The number of para-hydroxylation sites is 1. The lowest BCUT2D eigenvalue weighted by molar-refractivity contribution is -0.120. The lowest BCUT2D eigenvalue weighted by Crippen LogP contribution is -2.43. The molecule has 7 nitrogen and oxygen atoms in total. The van der Waals surface area contributed by atoms with Gasteiger partial charge in [-0.1, -0.05) is 54.1 Å². The molecule has 2 N–H and O–H groups in total. The number of halogens is 1. The molecule has 0 radical (unpaired) electrons. The minimum Gasteiger partial charge on any atom is -0.345 e. The van der Waals surface area contributed by atoms with Crippen molar-refractivity contribution in [3.05, 3.63) is 95.0 Å². The van der Waals surface area contributed by atoms with Crippen molar-refractivity contribution in [2.24, 2.45) is 5.92 Å². The Morgan fingerprint density at radius 1 is 0.972 bits per heavy atom. The van der Waals surface area contributed by atoms with Crippen LogP contribution in [0, 0.1) is 5.92 Å². The van der Waals surface area contributed by atoms with Crippen molar-refractivity contribution in [1.82, 2.24) is 9.62 Å². The summed E-state index contributed by atoms with van der Waals surface area (Å²) in [5.41, 5.74) is 1.70. The van der Waals surface area contributed by atoms with Crippen molar-refractivity contribution in [2.45, 2.75) is 30.7 Å². The summed E-state index contributed by atoms with van der Waals surface area (Å²) in [7, 11) is -3.75. The predicted molar refractivity (Wildman–Crippen MR) is 140 cm³/mol. The van der Waals surface area contributed by atoms with Gasteiger partial charge in [-0.25, -0.2) is 8.42 Å². The Hall–Kier alpha value is -3.20. The number of benzene rings is 3. The Morgan fingerprint density at radius 2 is 1.64 bits per heavy atom. The summed E-state index contributed by atoms with van der Waals surface area (Å²) in [5.74, 6) is -1.17. The van der Waals surface area contributed by atoms with Crippen LogP contribution < -0.4 is 10.6 Å². The summed E-state index contributed by atoms with van der Waals surface area (Å²) in [6.07, 6.45) is 1.11. The van der Waals surface area contributed by atoms with Gasteiger partial charge in [0.15, 0.2) is 0 Å². The first kappa shape index (κ1) is 25.9. The summed E-state index contributed by atoms with van der Waals surface area (Å²) >= 11 is 5.89.